The molecule has 0 saturated heterocycles. The number of hydrogen-bond donors (Lipinski definition) is 1. The van der Waals surface area contributed by atoms with Gasteiger partial charge in [-0.25, -0.2) is 0 Å². The predicted octanol–water partition coefficient (Wildman–Crippen LogP) is 3.52. The van der Waals surface area contributed by atoms with Gasteiger partial charge < -0.3 is 10.5 Å². The molecular weight excluding hydrogens is 198 g/mol. The molecule has 2 N–H and O–H groups in total. The SMILES string of the molecule is CCCCOc1ccc(C(N)C(C)C)cc1. The van der Waals surface area contributed by atoms with Gasteiger partial charge in [-0.1, -0.05) is 39.3 Å². The van der Waals surface area contributed by atoms with Crippen LogP contribution in [0.3, 0.4) is 0 Å². The maximum atomic E-state index is 6.07. The summed E-state index contributed by atoms with van der Waals surface area (Å²) >= 11 is 0. The van der Waals surface area contributed by atoms with Gasteiger partial charge in [0.1, 0.15) is 5.75 Å². The van der Waals surface area contributed by atoms with Crippen LogP contribution in [-0.4, -0.2) is 6.61 Å². The molecule has 0 aliphatic heterocycles. The summed E-state index contributed by atoms with van der Waals surface area (Å²) in [5.41, 5.74) is 7.25. The van der Waals surface area contributed by atoms with Crippen molar-refractivity contribution in [3.63, 3.8) is 0 Å². The molecular formula is C14H23NO. The second-order valence-corrected chi connectivity index (χ2v) is 4.54. The van der Waals surface area contributed by atoms with Crippen molar-refractivity contribution in [1.29, 1.82) is 0 Å². The first kappa shape index (κ1) is 13.0. The van der Waals surface area contributed by atoms with Crippen LogP contribution < -0.4 is 10.5 Å². The Hall–Kier alpha value is -1.02. The zero-order valence-electron chi connectivity index (χ0n) is 10.6. The minimum Gasteiger partial charge on any atom is -0.494 e. The van der Waals surface area contributed by atoms with Crippen molar-refractivity contribution in [2.75, 3.05) is 6.61 Å². The standard InChI is InChI=1S/C14H23NO/c1-4-5-10-16-13-8-6-12(7-9-13)14(15)11(2)3/h6-9,11,14H,4-5,10,15H2,1-3H3. The lowest BCUT2D eigenvalue weighted by Gasteiger charge is -2.16. The lowest BCUT2D eigenvalue weighted by molar-refractivity contribution is 0.309. The van der Waals surface area contributed by atoms with Gasteiger partial charge >= 0.3 is 0 Å². The van der Waals surface area contributed by atoms with Crippen molar-refractivity contribution in [2.24, 2.45) is 11.7 Å². The lowest BCUT2D eigenvalue weighted by atomic mass is 9.97. The molecule has 0 aliphatic rings. The van der Waals surface area contributed by atoms with Gasteiger partial charge in [-0.3, -0.25) is 0 Å². The third-order valence-corrected chi connectivity index (χ3v) is 2.75. The summed E-state index contributed by atoms with van der Waals surface area (Å²) in [6.07, 6.45) is 2.27. The van der Waals surface area contributed by atoms with Crippen LogP contribution in [0.2, 0.25) is 0 Å². The molecule has 1 unspecified atom stereocenters. The average molecular weight is 221 g/mol. The van der Waals surface area contributed by atoms with Crippen molar-refractivity contribution >= 4 is 0 Å². The Kier molecular flexibility index (Phi) is 5.33. The largest absolute Gasteiger partial charge is 0.494 e. The highest BCUT2D eigenvalue weighted by Crippen LogP contribution is 2.21. The van der Waals surface area contributed by atoms with Gasteiger partial charge in [-0.05, 0) is 30.0 Å². The fourth-order valence-corrected chi connectivity index (χ4v) is 1.51. The number of hydrogen-bond acceptors (Lipinski definition) is 2. The maximum absolute atomic E-state index is 6.07. The number of unbranched alkanes of at least 4 members (excludes halogenated alkanes) is 1. The molecule has 0 amide bonds. The van der Waals surface area contributed by atoms with Gasteiger partial charge in [-0.2, -0.15) is 0 Å². The Bertz CT molecular complexity index is 292. The van der Waals surface area contributed by atoms with Crippen molar-refractivity contribution in [3.05, 3.63) is 29.8 Å². The first-order chi connectivity index (χ1) is 7.65. The number of nitrogens with two attached hydrogens (primary N) is 1. The lowest BCUT2D eigenvalue weighted by Crippen LogP contribution is -2.16. The smallest absolute Gasteiger partial charge is 0.119 e. The van der Waals surface area contributed by atoms with E-state index in [0.717, 1.165) is 25.2 Å². The van der Waals surface area contributed by atoms with Gasteiger partial charge in [0.25, 0.3) is 0 Å². The summed E-state index contributed by atoms with van der Waals surface area (Å²) in [6, 6.07) is 8.25. The molecule has 0 fully saturated rings. The van der Waals surface area contributed by atoms with E-state index < -0.39 is 0 Å². The highest BCUT2D eigenvalue weighted by molar-refractivity contribution is 5.29. The van der Waals surface area contributed by atoms with Crippen LogP contribution in [-0.2, 0) is 0 Å². The molecule has 1 aromatic carbocycles. The zero-order chi connectivity index (χ0) is 12.0. The van der Waals surface area contributed by atoms with Crippen LogP contribution >= 0.6 is 0 Å². The molecule has 2 nitrogen and oxygen atoms in total. The molecule has 0 bridgehead atoms. The van der Waals surface area contributed by atoms with Crippen molar-refractivity contribution < 1.29 is 4.74 Å². The summed E-state index contributed by atoms with van der Waals surface area (Å²) in [5.74, 6) is 1.40. The Balaban J connectivity index is 2.54. The third-order valence-electron chi connectivity index (χ3n) is 2.75. The monoisotopic (exact) mass is 221 g/mol. The molecule has 0 aliphatic carbocycles. The highest BCUT2D eigenvalue weighted by Gasteiger charge is 2.09. The van der Waals surface area contributed by atoms with E-state index >= 15 is 0 Å². The van der Waals surface area contributed by atoms with Crippen molar-refractivity contribution in [2.45, 2.75) is 39.7 Å². The Labute approximate surface area is 98.8 Å². The van der Waals surface area contributed by atoms with Crippen LogP contribution in [0.1, 0.15) is 45.2 Å². The van der Waals surface area contributed by atoms with Gasteiger partial charge in [0.2, 0.25) is 0 Å². The highest BCUT2D eigenvalue weighted by atomic mass is 16.5. The molecule has 16 heavy (non-hydrogen) atoms. The summed E-state index contributed by atoms with van der Waals surface area (Å²) in [4.78, 5) is 0. The van der Waals surface area contributed by atoms with Crippen LogP contribution in [0.25, 0.3) is 0 Å². The summed E-state index contributed by atoms with van der Waals surface area (Å²) in [7, 11) is 0. The van der Waals surface area contributed by atoms with Crippen molar-refractivity contribution in [3.8, 4) is 5.75 Å². The molecule has 0 radical (unpaired) electrons. The zero-order valence-corrected chi connectivity index (χ0v) is 10.6. The third kappa shape index (κ3) is 3.86. The Morgan fingerprint density at radius 1 is 1.19 bits per heavy atom. The minimum atomic E-state index is 0.115. The molecule has 1 rings (SSSR count). The van der Waals surface area contributed by atoms with Crippen LogP contribution in [0, 0.1) is 5.92 Å². The molecule has 1 aromatic rings. The predicted molar refractivity (Wildman–Crippen MR) is 68.6 cm³/mol. The topological polar surface area (TPSA) is 35.2 Å². The molecule has 90 valence electrons. The van der Waals surface area contributed by atoms with E-state index in [1.165, 1.54) is 5.56 Å². The van der Waals surface area contributed by atoms with E-state index in [9.17, 15) is 0 Å². The van der Waals surface area contributed by atoms with Crippen LogP contribution in [0.5, 0.6) is 5.75 Å². The van der Waals surface area contributed by atoms with E-state index in [4.69, 9.17) is 10.5 Å². The molecule has 1 atom stereocenters. The molecule has 2 heteroatoms. The van der Waals surface area contributed by atoms with E-state index in [2.05, 4.69) is 32.9 Å². The molecule has 0 spiro atoms. The van der Waals surface area contributed by atoms with Gasteiger partial charge in [0.05, 0.1) is 6.61 Å². The van der Waals surface area contributed by atoms with E-state index in [1.54, 1.807) is 0 Å². The van der Waals surface area contributed by atoms with Gasteiger partial charge in [0, 0.05) is 6.04 Å². The first-order valence-electron chi connectivity index (χ1n) is 6.13. The number of ether oxygens (including phenoxy) is 1. The molecule has 0 heterocycles. The summed E-state index contributed by atoms with van der Waals surface area (Å²) in [6.45, 7) is 7.23. The molecule has 0 aromatic heterocycles. The average Bonchev–Trinajstić information content (AvgIpc) is 2.29. The fraction of sp³-hybridized carbons (Fsp3) is 0.571. The molecule has 0 saturated carbocycles. The fourth-order valence-electron chi connectivity index (χ4n) is 1.51. The van der Waals surface area contributed by atoms with Crippen molar-refractivity contribution in [1.82, 2.24) is 0 Å². The summed E-state index contributed by atoms with van der Waals surface area (Å²) in [5, 5.41) is 0. The quantitative estimate of drug-likeness (QED) is 0.746. The van der Waals surface area contributed by atoms with E-state index in [-0.39, 0.29) is 6.04 Å². The Morgan fingerprint density at radius 2 is 1.81 bits per heavy atom. The van der Waals surface area contributed by atoms with Crippen LogP contribution in [0.4, 0.5) is 0 Å². The number of benzene rings is 1. The first-order valence-corrected chi connectivity index (χ1v) is 6.13. The van der Waals surface area contributed by atoms with Gasteiger partial charge in [-0.15, -0.1) is 0 Å². The Morgan fingerprint density at radius 3 is 2.31 bits per heavy atom. The van der Waals surface area contributed by atoms with Gasteiger partial charge in [0.15, 0.2) is 0 Å². The minimum absolute atomic E-state index is 0.115. The second kappa shape index (κ2) is 6.54. The summed E-state index contributed by atoms with van der Waals surface area (Å²) < 4.78 is 5.60. The number of rotatable bonds is 6. The normalized spacial score (nSPS) is 12.8. The maximum Gasteiger partial charge on any atom is 0.119 e. The second-order valence-electron chi connectivity index (χ2n) is 4.54. The van der Waals surface area contributed by atoms with Crippen LogP contribution in [0.15, 0.2) is 24.3 Å². The van der Waals surface area contributed by atoms with E-state index in [0.29, 0.717) is 5.92 Å². The van der Waals surface area contributed by atoms with E-state index in [1.807, 2.05) is 12.1 Å².